The maximum atomic E-state index is 12.3. The van der Waals surface area contributed by atoms with E-state index in [2.05, 4.69) is 4.52 Å². The first-order valence-corrected chi connectivity index (χ1v) is 10.4. The van der Waals surface area contributed by atoms with E-state index in [1.54, 1.807) is 30.4 Å². The third-order valence-corrected chi connectivity index (χ3v) is 4.83. The molecular formula is C20H22F3O8P. The minimum atomic E-state index is -5.05. The molecule has 12 heteroatoms. The number of rotatable bonds is 10. The number of benzene rings is 2. The van der Waals surface area contributed by atoms with Gasteiger partial charge in [-0.15, -0.1) is 0 Å². The maximum absolute atomic E-state index is 12.3. The smallest absolute Gasteiger partial charge is 0.493 e. The minimum absolute atomic E-state index is 0.0276. The standard InChI is InChI=1S/C20H22F3O8P/c1-26-15-8-7-13(9-16(15)31-32(24,25)30-12-20(21,22)23)5-6-14-10-17(27-2)19(29-4)18(11-14)28-3/h5-11H,12H2,1-4H3,(H,24,25)/b6-5-. The fourth-order valence-corrected chi connectivity index (χ4v) is 3.32. The number of hydrogen-bond acceptors (Lipinski definition) is 7. The van der Waals surface area contributed by atoms with Gasteiger partial charge in [-0.25, -0.2) is 4.57 Å². The van der Waals surface area contributed by atoms with Crippen molar-refractivity contribution in [2.24, 2.45) is 0 Å². The number of phosphoric ester groups is 1. The highest BCUT2D eigenvalue weighted by molar-refractivity contribution is 7.47. The number of alkyl halides is 3. The lowest BCUT2D eigenvalue weighted by Crippen LogP contribution is -2.17. The van der Waals surface area contributed by atoms with Crippen molar-refractivity contribution in [3.05, 3.63) is 41.5 Å². The summed E-state index contributed by atoms with van der Waals surface area (Å²) in [5.41, 5.74) is 1.17. The molecule has 0 aliphatic rings. The van der Waals surface area contributed by atoms with Gasteiger partial charge in [0.05, 0.1) is 28.4 Å². The second-order valence-corrected chi connectivity index (χ2v) is 7.53. The lowest BCUT2D eigenvalue weighted by molar-refractivity contribution is -0.156. The van der Waals surface area contributed by atoms with Gasteiger partial charge >= 0.3 is 14.0 Å². The minimum Gasteiger partial charge on any atom is -0.493 e. The predicted octanol–water partition coefficient (Wildman–Crippen LogP) is 4.95. The van der Waals surface area contributed by atoms with Gasteiger partial charge in [0.15, 0.2) is 29.6 Å². The van der Waals surface area contributed by atoms with E-state index in [1.165, 1.54) is 40.6 Å². The molecule has 0 aromatic heterocycles. The van der Waals surface area contributed by atoms with Crippen molar-refractivity contribution in [2.75, 3.05) is 35.0 Å². The molecule has 2 rings (SSSR count). The molecule has 176 valence electrons. The highest BCUT2D eigenvalue weighted by Gasteiger charge is 2.35. The van der Waals surface area contributed by atoms with E-state index in [0.717, 1.165) is 0 Å². The Kier molecular flexibility index (Phi) is 8.43. The Morgan fingerprint density at radius 3 is 1.88 bits per heavy atom. The van der Waals surface area contributed by atoms with E-state index in [-0.39, 0.29) is 11.5 Å². The molecule has 0 aliphatic carbocycles. The zero-order valence-electron chi connectivity index (χ0n) is 17.6. The van der Waals surface area contributed by atoms with Crippen LogP contribution in [0.1, 0.15) is 11.1 Å². The Bertz CT molecular complexity index is 982. The summed E-state index contributed by atoms with van der Waals surface area (Å²) in [6.45, 7) is -1.94. The lowest BCUT2D eigenvalue weighted by Gasteiger charge is -2.16. The summed E-state index contributed by atoms with van der Waals surface area (Å²) < 4.78 is 78.4. The molecule has 0 spiro atoms. The molecule has 8 nitrogen and oxygen atoms in total. The van der Waals surface area contributed by atoms with Gasteiger partial charge in [-0.05, 0) is 35.4 Å². The summed E-state index contributed by atoms with van der Waals surface area (Å²) in [4.78, 5) is 9.61. The van der Waals surface area contributed by atoms with Crippen LogP contribution in [0.3, 0.4) is 0 Å². The van der Waals surface area contributed by atoms with Crippen LogP contribution in [0.25, 0.3) is 12.2 Å². The van der Waals surface area contributed by atoms with Crippen molar-refractivity contribution in [1.82, 2.24) is 0 Å². The highest BCUT2D eigenvalue weighted by atomic mass is 31.2. The molecule has 0 saturated heterocycles. The molecule has 2 aromatic carbocycles. The van der Waals surface area contributed by atoms with Crippen molar-refractivity contribution < 1.29 is 50.6 Å². The summed E-state index contributed by atoms with van der Waals surface area (Å²) in [7, 11) is 0.656. The average molecular weight is 478 g/mol. The lowest BCUT2D eigenvalue weighted by atomic mass is 10.1. The van der Waals surface area contributed by atoms with Gasteiger partial charge in [-0.3, -0.25) is 9.42 Å². The molecule has 2 aromatic rings. The Balaban J connectivity index is 2.31. The molecule has 1 unspecified atom stereocenters. The molecule has 0 radical (unpaired) electrons. The molecule has 1 atom stereocenters. The summed E-state index contributed by atoms with van der Waals surface area (Å²) in [6.07, 6.45) is -1.47. The molecule has 0 bridgehead atoms. The van der Waals surface area contributed by atoms with Crippen molar-refractivity contribution in [3.63, 3.8) is 0 Å². The van der Waals surface area contributed by atoms with Crippen LogP contribution in [-0.4, -0.2) is 46.1 Å². The quantitative estimate of drug-likeness (QED) is 0.379. The van der Waals surface area contributed by atoms with Crippen LogP contribution in [0.4, 0.5) is 13.2 Å². The second kappa shape index (κ2) is 10.6. The first-order chi connectivity index (χ1) is 15.0. The zero-order chi connectivity index (χ0) is 23.9. The van der Waals surface area contributed by atoms with E-state index in [4.69, 9.17) is 23.5 Å². The molecule has 0 saturated carbocycles. The van der Waals surface area contributed by atoms with E-state index in [0.29, 0.717) is 28.4 Å². The van der Waals surface area contributed by atoms with E-state index >= 15 is 0 Å². The van der Waals surface area contributed by atoms with Crippen LogP contribution in [0.2, 0.25) is 0 Å². The monoisotopic (exact) mass is 478 g/mol. The first kappa shape index (κ1) is 25.4. The van der Waals surface area contributed by atoms with Gasteiger partial charge in [-0.2, -0.15) is 13.2 Å². The molecular weight excluding hydrogens is 456 g/mol. The van der Waals surface area contributed by atoms with Gasteiger partial charge < -0.3 is 23.5 Å². The molecule has 32 heavy (non-hydrogen) atoms. The summed E-state index contributed by atoms with van der Waals surface area (Å²) in [5.74, 6) is 1.05. The van der Waals surface area contributed by atoms with Crippen LogP contribution in [0.15, 0.2) is 30.3 Å². The SMILES string of the molecule is COc1ccc(/C=C\c2cc(OC)c(OC)c(OC)c2)cc1OP(=O)(O)OCC(F)(F)F. The molecule has 1 N–H and O–H groups in total. The zero-order valence-corrected chi connectivity index (χ0v) is 18.5. The van der Waals surface area contributed by atoms with Gasteiger partial charge in [0.1, 0.15) is 0 Å². The van der Waals surface area contributed by atoms with E-state index in [1.807, 2.05) is 0 Å². The maximum Gasteiger partial charge on any atom is 0.527 e. The molecule has 0 heterocycles. The number of phosphoric acid groups is 1. The number of halogens is 3. The number of hydrogen-bond donors (Lipinski definition) is 1. The largest absolute Gasteiger partial charge is 0.527 e. The molecule has 0 amide bonds. The Morgan fingerprint density at radius 1 is 0.844 bits per heavy atom. The van der Waals surface area contributed by atoms with Crippen LogP contribution in [0, 0.1) is 0 Å². The molecule has 0 aliphatic heterocycles. The summed E-state index contributed by atoms with van der Waals surface area (Å²) in [6, 6.07) is 7.75. The third-order valence-electron chi connectivity index (χ3n) is 3.95. The van der Waals surface area contributed by atoms with E-state index < -0.39 is 20.6 Å². The Labute approximate surface area is 182 Å². The van der Waals surface area contributed by atoms with Gasteiger partial charge in [-0.1, -0.05) is 18.2 Å². The van der Waals surface area contributed by atoms with Gasteiger partial charge in [0.2, 0.25) is 5.75 Å². The topological polar surface area (TPSA) is 92.7 Å². The van der Waals surface area contributed by atoms with Crippen molar-refractivity contribution >= 4 is 20.0 Å². The van der Waals surface area contributed by atoms with Gasteiger partial charge in [0, 0.05) is 0 Å². The van der Waals surface area contributed by atoms with E-state index in [9.17, 15) is 22.6 Å². The summed E-state index contributed by atoms with van der Waals surface area (Å²) in [5, 5.41) is 0. The van der Waals surface area contributed by atoms with Crippen molar-refractivity contribution in [1.29, 1.82) is 0 Å². The summed E-state index contributed by atoms with van der Waals surface area (Å²) >= 11 is 0. The Hall–Kier alpha value is -2.88. The average Bonchev–Trinajstić information content (AvgIpc) is 2.75. The van der Waals surface area contributed by atoms with Crippen molar-refractivity contribution in [3.8, 4) is 28.7 Å². The third kappa shape index (κ3) is 7.08. The number of ether oxygens (including phenoxy) is 4. The predicted molar refractivity (Wildman–Crippen MR) is 110 cm³/mol. The fourth-order valence-electron chi connectivity index (χ4n) is 2.56. The van der Waals surface area contributed by atoms with Crippen LogP contribution >= 0.6 is 7.82 Å². The van der Waals surface area contributed by atoms with Crippen molar-refractivity contribution in [2.45, 2.75) is 6.18 Å². The number of methoxy groups -OCH3 is 4. The highest BCUT2D eigenvalue weighted by Crippen LogP contribution is 2.48. The second-order valence-electron chi connectivity index (χ2n) is 6.15. The van der Waals surface area contributed by atoms with Crippen LogP contribution < -0.4 is 23.5 Å². The Morgan fingerprint density at radius 2 is 1.38 bits per heavy atom. The fraction of sp³-hybridized carbons (Fsp3) is 0.300. The van der Waals surface area contributed by atoms with Gasteiger partial charge in [0.25, 0.3) is 0 Å². The molecule has 0 fully saturated rings. The van der Waals surface area contributed by atoms with Crippen LogP contribution in [-0.2, 0) is 9.09 Å². The van der Waals surface area contributed by atoms with Crippen LogP contribution in [0.5, 0.6) is 28.7 Å². The first-order valence-electron chi connectivity index (χ1n) is 8.91. The normalized spacial score (nSPS) is 13.5.